The molecule has 0 unspecified atom stereocenters. The molecule has 0 N–H and O–H groups in total. The second kappa shape index (κ2) is 9.58. The molecule has 0 fully saturated rings. The Balaban J connectivity index is 1.41. The number of nitrogens with zero attached hydrogens (tertiary/aromatic N) is 4. The van der Waals surface area contributed by atoms with Crippen LogP contribution in [0.5, 0.6) is 0 Å². The fraction of sp³-hybridized carbons (Fsp3) is 0.125. The van der Waals surface area contributed by atoms with Crippen molar-refractivity contribution in [1.29, 1.82) is 0 Å². The van der Waals surface area contributed by atoms with Gasteiger partial charge in [-0.25, -0.2) is 9.48 Å². The molecule has 4 aromatic rings. The van der Waals surface area contributed by atoms with Gasteiger partial charge in [0, 0.05) is 12.0 Å². The minimum Gasteiger partial charge on any atom is -0.456 e. The molecule has 0 radical (unpaired) electrons. The lowest BCUT2D eigenvalue weighted by Gasteiger charge is -2.15. The molecule has 0 amide bonds. The van der Waals surface area contributed by atoms with Gasteiger partial charge in [0.05, 0.1) is 0 Å². The zero-order chi connectivity index (χ0) is 21.5. The van der Waals surface area contributed by atoms with E-state index in [1.54, 1.807) is 12.1 Å². The first kappa shape index (κ1) is 20.2. The molecule has 31 heavy (non-hydrogen) atoms. The lowest BCUT2D eigenvalue weighted by atomic mass is 10.0. The van der Waals surface area contributed by atoms with Gasteiger partial charge in [-0.3, -0.25) is 4.79 Å². The SMILES string of the molecule is O=C(COC(=O)[C@H](Cc1ccccc1)n1cnnn1)c1ccc(-c2ccccc2)cc1. The summed E-state index contributed by atoms with van der Waals surface area (Å²) in [6, 6.07) is 25.9. The highest BCUT2D eigenvalue weighted by molar-refractivity contribution is 5.98. The van der Waals surface area contributed by atoms with Gasteiger partial charge in [-0.15, -0.1) is 5.10 Å². The van der Waals surface area contributed by atoms with Crippen LogP contribution in [0.15, 0.2) is 91.3 Å². The van der Waals surface area contributed by atoms with E-state index in [4.69, 9.17) is 4.74 Å². The molecule has 7 heteroatoms. The first-order chi connectivity index (χ1) is 15.2. The number of hydrogen-bond donors (Lipinski definition) is 0. The highest BCUT2D eigenvalue weighted by atomic mass is 16.5. The summed E-state index contributed by atoms with van der Waals surface area (Å²) in [5.74, 6) is -0.839. The molecule has 0 spiro atoms. The van der Waals surface area contributed by atoms with Crippen LogP contribution in [0.4, 0.5) is 0 Å². The minimum absolute atomic E-state index is 0.275. The van der Waals surface area contributed by atoms with Crippen LogP contribution >= 0.6 is 0 Å². The first-order valence-corrected chi connectivity index (χ1v) is 9.82. The van der Waals surface area contributed by atoms with Crippen LogP contribution in [0, 0.1) is 0 Å². The van der Waals surface area contributed by atoms with Crippen molar-refractivity contribution in [1.82, 2.24) is 20.2 Å². The molecule has 1 heterocycles. The summed E-state index contributed by atoms with van der Waals surface area (Å²) >= 11 is 0. The molecule has 3 aromatic carbocycles. The number of ether oxygens (including phenoxy) is 1. The Hall–Kier alpha value is -4.13. The summed E-state index contributed by atoms with van der Waals surface area (Å²) in [5, 5.41) is 11.0. The quantitative estimate of drug-likeness (QED) is 0.325. The van der Waals surface area contributed by atoms with Crippen LogP contribution in [0.3, 0.4) is 0 Å². The lowest BCUT2D eigenvalue weighted by molar-refractivity contribution is -0.146. The Kier molecular flexibility index (Phi) is 6.23. The van der Waals surface area contributed by atoms with Crippen molar-refractivity contribution in [2.45, 2.75) is 12.5 Å². The molecule has 1 aromatic heterocycles. The Morgan fingerprint density at radius 3 is 2.13 bits per heavy atom. The molecule has 7 nitrogen and oxygen atoms in total. The molecule has 0 bridgehead atoms. The molecule has 0 aliphatic carbocycles. The van der Waals surface area contributed by atoms with E-state index in [1.807, 2.05) is 72.8 Å². The molecule has 4 rings (SSSR count). The fourth-order valence-corrected chi connectivity index (χ4v) is 3.23. The van der Waals surface area contributed by atoms with Gasteiger partial charge in [0.1, 0.15) is 6.33 Å². The minimum atomic E-state index is -0.759. The number of ketones is 1. The smallest absolute Gasteiger partial charge is 0.331 e. The van der Waals surface area contributed by atoms with Gasteiger partial charge in [0.2, 0.25) is 0 Å². The number of aromatic nitrogens is 4. The van der Waals surface area contributed by atoms with Gasteiger partial charge in [-0.05, 0) is 27.1 Å². The number of hydrogen-bond acceptors (Lipinski definition) is 6. The molecular formula is C24H20N4O3. The summed E-state index contributed by atoms with van der Waals surface area (Å²) < 4.78 is 6.67. The average Bonchev–Trinajstić information content (AvgIpc) is 3.37. The molecular weight excluding hydrogens is 392 g/mol. The lowest BCUT2D eigenvalue weighted by Crippen LogP contribution is -2.26. The molecule has 0 saturated carbocycles. The van der Waals surface area contributed by atoms with Crippen LogP contribution in [0.1, 0.15) is 22.0 Å². The molecule has 0 saturated heterocycles. The maximum absolute atomic E-state index is 12.7. The second-order valence-electron chi connectivity index (χ2n) is 6.97. The van der Waals surface area contributed by atoms with Crippen LogP contribution in [0.25, 0.3) is 11.1 Å². The van der Waals surface area contributed by atoms with E-state index < -0.39 is 12.0 Å². The fourth-order valence-electron chi connectivity index (χ4n) is 3.23. The van der Waals surface area contributed by atoms with E-state index >= 15 is 0 Å². The van der Waals surface area contributed by atoms with Gasteiger partial charge in [0.15, 0.2) is 18.4 Å². The van der Waals surface area contributed by atoms with E-state index in [-0.39, 0.29) is 12.4 Å². The van der Waals surface area contributed by atoms with Gasteiger partial charge < -0.3 is 4.74 Å². The van der Waals surface area contributed by atoms with E-state index in [0.717, 1.165) is 16.7 Å². The topological polar surface area (TPSA) is 87.0 Å². The third-order valence-corrected chi connectivity index (χ3v) is 4.89. The summed E-state index contributed by atoms with van der Waals surface area (Å²) in [4.78, 5) is 25.3. The van der Waals surface area contributed by atoms with Crippen LogP contribution in [-0.4, -0.2) is 38.6 Å². The maximum atomic E-state index is 12.7. The monoisotopic (exact) mass is 412 g/mol. The predicted molar refractivity (Wildman–Crippen MR) is 114 cm³/mol. The Labute approximate surface area is 179 Å². The standard InChI is InChI=1S/C24H20N4O3/c29-23(21-13-11-20(12-14-21)19-9-5-2-6-10-19)16-31-24(30)22(28-17-25-26-27-28)15-18-7-3-1-4-8-18/h1-14,17,22H,15-16H2/t22-/m0/s1. The van der Waals surface area contributed by atoms with E-state index in [2.05, 4.69) is 15.5 Å². The number of carbonyl (C=O) groups is 2. The highest BCUT2D eigenvalue weighted by Gasteiger charge is 2.25. The van der Waals surface area contributed by atoms with E-state index in [0.29, 0.717) is 12.0 Å². The average molecular weight is 412 g/mol. The maximum Gasteiger partial charge on any atom is 0.331 e. The number of Topliss-reactive ketones (excluding diaryl/α,β-unsaturated/α-hetero) is 1. The van der Waals surface area contributed by atoms with Crippen molar-refractivity contribution in [3.8, 4) is 11.1 Å². The molecule has 154 valence electrons. The Bertz CT molecular complexity index is 1130. The summed E-state index contributed by atoms with van der Waals surface area (Å²) in [7, 11) is 0. The Morgan fingerprint density at radius 1 is 0.839 bits per heavy atom. The predicted octanol–water partition coefficient (Wildman–Crippen LogP) is 3.55. The summed E-state index contributed by atoms with van der Waals surface area (Å²) in [6.45, 7) is -0.350. The molecule has 0 aliphatic heterocycles. The Morgan fingerprint density at radius 2 is 1.48 bits per heavy atom. The van der Waals surface area contributed by atoms with Crippen molar-refractivity contribution in [3.63, 3.8) is 0 Å². The van der Waals surface area contributed by atoms with Gasteiger partial charge in [0.25, 0.3) is 0 Å². The van der Waals surface area contributed by atoms with Crippen molar-refractivity contribution in [2.75, 3.05) is 6.61 Å². The number of tetrazole rings is 1. The number of benzene rings is 3. The van der Waals surface area contributed by atoms with Gasteiger partial charge >= 0.3 is 5.97 Å². The number of esters is 1. The van der Waals surface area contributed by atoms with Gasteiger partial charge in [-0.1, -0.05) is 84.9 Å². The zero-order valence-electron chi connectivity index (χ0n) is 16.7. The number of carbonyl (C=O) groups excluding carboxylic acids is 2. The van der Waals surface area contributed by atoms with Crippen molar-refractivity contribution >= 4 is 11.8 Å². The number of rotatable bonds is 8. The highest BCUT2D eigenvalue weighted by Crippen LogP contribution is 2.20. The normalized spacial score (nSPS) is 11.6. The molecule has 0 aliphatic rings. The van der Waals surface area contributed by atoms with Crippen LogP contribution < -0.4 is 0 Å². The van der Waals surface area contributed by atoms with E-state index in [9.17, 15) is 9.59 Å². The first-order valence-electron chi connectivity index (χ1n) is 9.82. The van der Waals surface area contributed by atoms with Crippen LogP contribution in [-0.2, 0) is 16.0 Å². The van der Waals surface area contributed by atoms with Gasteiger partial charge in [-0.2, -0.15) is 0 Å². The van der Waals surface area contributed by atoms with Crippen molar-refractivity contribution in [3.05, 3.63) is 102 Å². The van der Waals surface area contributed by atoms with Crippen molar-refractivity contribution in [2.24, 2.45) is 0 Å². The largest absolute Gasteiger partial charge is 0.456 e. The third-order valence-electron chi connectivity index (χ3n) is 4.89. The van der Waals surface area contributed by atoms with E-state index in [1.165, 1.54) is 11.0 Å². The second-order valence-corrected chi connectivity index (χ2v) is 6.97. The summed E-state index contributed by atoms with van der Waals surface area (Å²) in [5.41, 5.74) is 3.49. The third kappa shape index (κ3) is 5.08. The molecule has 1 atom stereocenters. The van der Waals surface area contributed by atoms with Crippen molar-refractivity contribution < 1.29 is 14.3 Å². The van der Waals surface area contributed by atoms with Crippen LogP contribution in [0.2, 0.25) is 0 Å². The zero-order valence-corrected chi connectivity index (χ0v) is 16.7. The summed E-state index contributed by atoms with van der Waals surface area (Å²) in [6.07, 6.45) is 1.71.